The third-order valence-electron chi connectivity index (χ3n) is 4.79. The molecule has 0 amide bonds. The lowest BCUT2D eigenvalue weighted by atomic mass is 10.0. The van der Waals surface area contributed by atoms with Gasteiger partial charge in [0.05, 0.1) is 0 Å². The summed E-state index contributed by atoms with van der Waals surface area (Å²) in [6.07, 6.45) is 2.52. The van der Waals surface area contributed by atoms with E-state index in [1.54, 1.807) is 0 Å². The molecule has 2 rings (SSSR count). The second-order valence-electron chi connectivity index (χ2n) is 7.27. The van der Waals surface area contributed by atoms with Crippen molar-refractivity contribution in [1.82, 2.24) is 10.2 Å². The van der Waals surface area contributed by atoms with Crippen LogP contribution in [0.4, 0.5) is 0 Å². The first-order chi connectivity index (χ1) is 9.95. The molecule has 1 aromatic rings. The van der Waals surface area contributed by atoms with Gasteiger partial charge in [0.2, 0.25) is 0 Å². The van der Waals surface area contributed by atoms with E-state index < -0.39 is 0 Å². The molecular weight excluding hydrogens is 256 g/mol. The maximum absolute atomic E-state index is 3.74. The van der Waals surface area contributed by atoms with Crippen molar-refractivity contribution in [2.75, 3.05) is 13.1 Å². The van der Waals surface area contributed by atoms with E-state index in [1.165, 1.54) is 36.1 Å². The predicted octanol–water partition coefficient (Wildman–Crippen LogP) is 3.90. The number of rotatable bonds is 4. The van der Waals surface area contributed by atoms with E-state index in [-0.39, 0.29) is 0 Å². The zero-order valence-electron chi connectivity index (χ0n) is 14.4. The first-order valence-electron chi connectivity index (χ1n) is 8.49. The molecular formula is C19H32N2. The molecule has 0 radical (unpaired) electrons. The highest BCUT2D eigenvalue weighted by Crippen LogP contribution is 2.18. The Hall–Kier alpha value is -0.860. The van der Waals surface area contributed by atoms with Crippen molar-refractivity contribution in [2.45, 2.75) is 66.1 Å². The van der Waals surface area contributed by atoms with Crippen molar-refractivity contribution in [3.63, 3.8) is 0 Å². The summed E-state index contributed by atoms with van der Waals surface area (Å²) in [5, 5.41) is 3.74. The van der Waals surface area contributed by atoms with Crippen LogP contribution < -0.4 is 5.32 Å². The summed E-state index contributed by atoms with van der Waals surface area (Å²) >= 11 is 0. The maximum atomic E-state index is 3.74. The number of benzene rings is 1. The van der Waals surface area contributed by atoms with Crippen LogP contribution in [0, 0.1) is 19.8 Å². The Bertz CT molecular complexity index is 453. The minimum Gasteiger partial charge on any atom is -0.313 e. The highest BCUT2D eigenvalue weighted by molar-refractivity contribution is 5.29. The Morgan fingerprint density at radius 3 is 2.67 bits per heavy atom. The Balaban J connectivity index is 2.05. The molecule has 0 aliphatic carbocycles. The van der Waals surface area contributed by atoms with Gasteiger partial charge in [0.1, 0.15) is 0 Å². The quantitative estimate of drug-likeness (QED) is 0.904. The summed E-state index contributed by atoms with van der Waals surface area (Å²) in [5.74, 6) is 0.763. The molecule has 1 heterocycles. The summed E-state index contributed by atoms with van der Waals surface area (Å²) in [6.45, 7) is 14.8. The van der Waals surface area contributed by atoms with Gasteiger partial charge >= 0.3 is 0 Å². The van der Waals surface area contributed by atoms with Crippen LogP contribution in [0.25, 0.3) is 0 Å². The first-order valence-corrected chi connectivity index (χ1v) is 8.49. The Labute approximate surface area is 130 Å². The average molecular weight is 288 g/mol. The van der Waals surface area contributed by atoms with Gasteiger partial charge in [-0.25, -0.2) is 0 Å². The van der Waals surface area contributed by atoms with Crippen LogP contribution in [0.5, 0.6) is 0 Å². The molecule has 2 nitrogen and oxygen atoms in total. The number of hydrogen-bond acceptors (Lipinski definition) is 2. The molecule has 0 saturated carbocycles. The molecule has 0 bridgehead atoms. The van der Waals surface area contributed by atoms with Gasteiger partial charge in [-0.3, -0.25) is 4.90 Å². The van der Waals surface area contributed by atoms with Crippen molar-refractivity contribution in [1.29, 1.82) is 0 Å². The first kappa shape index (κ1) is 16.5. The fraction of sp³-hybridized carbons (Fsp3) is 0.684. The molecule has 1 N–H and O–H groups in total. The number of aryl methyl sites for hydroxylation is 2. The molecule has 1 fully saturated rings. The van der Waals surface area contributed by atoms with Crippen molar-refractivity contribution >= 4 is 0 Å². The summed E-state index contributed by atoms with van der Waals surface area (Å²) in [6, 6.07) is 8.22. The Morgan fingerprint density at radius 2 is 2.00 bits per heavy atom. The van der Waals surface area contributed by atoms with Gasteiger partial charge < -0.3 is 5.32 Å². The van der Waals surface area contributed by atoms with E-state index in [9.17, 15) is 0 Å². The SMILES string of the molecule is Cc1ccc(CN2CC(CC(C)C)NCCC2C)cc1C. The normalized spacial score (nSPS) is 24.3. The summed E-state index contributed by atoms with van der Waals surface area (Å²) in [5.41, 5.74) is 4.25. The summed E-state index contributed by atoms with van der Waals surface area (Å²) in [7, 11) is 0. The fourth-order valence-corrected chi connectivity index (χ4v) is 3.29. The van der Waals surface area contributed by atoms with Gasteiger partial charge in [0.15, 0.2) is 0 Å². The van der Waals surface area contributed by atoms with Gasteiger partial charge in [-0.2, -0.15) is 0 Å². The molecule has 2 atom stereocenters. The number of hydrogen-bond donors (Lipinski definition) is 1. The second-order valence-corrected chi connectivity index (χ2v) is 7.27. The van der Waals surface area contributed by atoms with Crippen molar-refractivity contribution in [3.05, 3.63) is 34.9 Å². The Kier molecular flexibility index (Phi) is 5.83. The van der Waals surface area contributed by atoms with E-state index in [2.05, 4.69) is 63.0 Å². The van der Waals surface area contributed by atoms with Gasteiger partial charge in [0, 0.05) is 25.2 Å². The molecule has 21 heavy (non-hydrogen) atoms. The lowest BCUT2D eigenvalue weighted by molar-refractivity contribution is 0.189. The smallest absolute Gasteiger partial charge is 0.0237 e. The maximum Gasteiger partial charge on any atom is 0.0237 e. The predicted molar refractivity (Wildman–Crippen MR) is 91.7 cm³/mol. The van der Waals surface area contributed by atoms with Crippen LogP contribution in [0.1, 0.15) is 50.3 Å². The van der Waals surface area contributed by atoms with Gasteiger partial charge in [0.25, 0.3) is 0 Å². The van der Waals surface area contributed by atoms with Crippen LogP contribution in [0.2, 0.25) is 0 Å². The molecule has 0 spiro atoms. The van der Waals surface area contributed by atoms with Crippen molar-refractivity contribution in [2.24, 2.45) is 5.92 Å². The molecule has 1 aliphatic rings. The van der Waals surface area contributed by atoms with Crippen molar-refractivity contribution in [3.8, 4) is 0 Å². The standard InChI is InChI=1S/C19H32N2/c1-14(2)10-19-13-21(17(5)8-9-20-19)12-18-7-6-15(3)16(4)11-18/h6-7,11,14,17,19-20H,8-10,12-13H2,1-5H3. The van der Waals surface area contributed by atoms with Crippen LogP contribution in [0.15, 0.2) is 18.2 Å². The van der Waals surface area contributed by atoms with Gasteiger partial charge in [-0.15, -0.1) is 0 Å². The van der Waals surface area contributed by atoms with E-state index in [0.717, 1.165) is 19.0 Å². The van der Waals surface area contributed by atoms with E-state index in [1.807, 2.05) is 0 Å². The molecule has 0 aromatic heterocycles. The largest absolute Gasteiger partial charge is 0.313 e. The highest BCUT2D eigenvalue weighted by atomic mass is 15.2. The van der Waals surface area contributed by atoms with Crippen LogP contribution in [0.3, 0.4) is 0 Å². The second kappa shape index (κ2) is 7.42. The van der Waals surface area contributed by atoms with Crippen LogP contribution >= 0.6 is 0 Å². The summed E-state index contributed by atoms with van der Waals surface area (Å²) < 4.78 is 0. The molecule has 2 unspecified atom stereocenters. The molecule has 1 saturated heterocycles. The lowest BCUT2D eigenvalue weighted by Crippen LogP contribution is -2.40. The van der Waals surface area contributed by atoms with Crippen LogP contribution in [-0.2, 0) is 6.54 Å². The van der Waals surface area contributed by atoms with E-state index in [0.29, 0.717) is 12.1 Å². The minimum atomic E-state index is 0.640. The highest BCUT2D eigenvalue weighted by Gasteiger charge is 2.23. The zero-order valence-corrected chi connectivity index (χ0v) is 14.4. The third kappa shape index (κ3) is 4.82. The fourth-order valence-electron chi connectivity index (χ4n) is 3.29. The van der Waals surface area contributed by atoms with E-state index >= 15 is 0 Å². The topological polar surface area (TPSA) is 15.3 Å². The van der Waals surface area contributed by atoms with Crippen molar-refractivity contribution < 1.29 is 0 Å². The third-order valence-corrected chi connectivity index (χ3v) is 4.79. The number of nitrogens with one attached hydrogen (secondary N) is 1. The van der Waals surface area contributed by atoms with Crippen LogP contribution in [-0.4, -0.2) is 30.1 Å². The van der Waals surface area contributed by atoms with Gasteiger partial charge in [-0.1, -0.05) is 32.0 Å². The van der Waals surface area contributed by atoms with Gasteiger partial charge in [-0.05, 0) is 62.8 Å². The monoisotopic (exact) mass is 288 g/mol. The Morgan fingerprint density at radius 1 is 1.24 bits per heavy atom. The average Bonchev–Trinajstić information content (AvgIpc) is 2.56. The molecule has 1 aromatic carbocycles. The lowest BCUT2D eigenvalue weighted by Gasteiger charge is -2.30. The zero-order chi connectivity index (χ0) is 15.4. The molecule has 2 heteroatoms. The molecule has 118 valence electrons. The minimum absolute atomic E-state index is 0.640. The van der Waals surface area contributed by atoms with E-state index in [4.69, 9.17) is 0 Å². The summed E-state index contributed by atoms with van der Waals surface area (Å²) in [4.78, 5) is 2.66. The molecule has 1 aliphatic heterocycles. The number of nitrogens with zero attached hydrogens (tertiary/aromatic N) is 1.